The van der Waals surface area contributed by atoms with Crippen LogP contribution in [0.25, 0.3) is 0 Å². The van der Waals surface area contributed by atoms with E-state index in [1.165, 1.54) is 12.1 Å². The Kier molecular flexibility index (Phi) is 5.09. The molecule has 0 heterocycles. The van der Waals surface area contributed by atoms with Gasteiger partial charge in [0.2, 0.25) is 0 Å². The Bertz CT molecular complexity index is 618. The summed E-state index contributed by atoms with van der Waals surface area (Å²) in [4.78, 5) is 12.4. The summed E-state index contributed by atoms with van der Waals surface area (Å²) in [7, 11) is 0. The lowest BCUT2D eigenvalue weighted by molar-refractivity contribution is 0.103. The lowest BCUT2D eigenvalue weighted by Crippen LogP contribution is -2.04. The average Bonchev–Trinajstić information content (AvgIpc) is 2.50. The molecule has 3 heteroatoms. The molecule has 2 aromatic carbocycles. The standard InChI is InChI=1S/C18H19FO2/c1-3-4-11-21-16-9-6-14(7-10-16)18(20)17-12-15(19)8-5-13(17)2/h5-10,12H,3-4,11H2,1-2H3. The van der Waals surface area contributed by atoms with Crippen LogP contribution in [0.3, 0.4) is 0 Å². The predicted octanol–water partition coefficient (Wildman–Crippen LogP) is 4.54. The fraction of sp³-hybridized carbons (Fsp3) is 0.278. The Labute approximate surface area is 124 Å². The number of carbonyl (C=O) groups excluding carboxylic acids is 1. The third kappa shape index (κ3) is 3.91. The van der Waals surface area contributed by atoms with E-state index in [0.29, 0.717) is 17.7 Å². The Morgan fingerprint density at radius 2 is 1.86 bits per heavy atom. The number of halogens is 1. The van der Waals surface area contributed by atoms with Crippen LogP contribution in [0.4, 0.5) is 4.39 Å². The summed E-state index contributed by atoms with van der Waals surface area (Å²) in [6.07, 6.45) is 2.08. The number of benzene rings is 2. The van der Waals surface area contributed by atoms with Crippen LogP contribution in [-0.2, 0) is 0 Å². The number of hydrogen-bond donors (Lipinski definition) is 0. The number of aryl methyl sites for hydroxylation is 1. The van der Waals surface area contributed by atoms with Gasteiger partial charge in [-0.05, 0) is 55.3 Å². The Morgan fingerprint density at radius 1 is 1.14 bits per heavy atom. The molecule has 0 atom stereocenters. The van der Waals surface area contributed by atoms with Crippen LogP contribution in [0.2, 0.25) is 0 Å². The molecule has 0 bridgehead atoms. The van der Waals surface area contributed by atoms with Crippen LogP contribution in [0, 0.1) is 12.7 Å². The molecule has 21 heavy (non-hydrogen) atoms. The summed E-state index contributed by atoms with van der Waals surface area (Å²) >= 11 is 0. The fourth-order valence-corrected chi connectivity index (χ4v) is 2.03. The van der Waals surface area contributed by atoms with Gasteiger partial charge in [0.25, 0.3) is 0 Å². The highest BCUT2D eigenvalue weighted by Gasteiger charge is 2.12. The first-order chi connectivity index (χ1) is 10.1. The zero-order valence-electron chi connectivity index (χ0n) is 12.4. The normalized spacial score (nSPS) is 10.4. The molecule has 0 amide bonds. The molecule has 0 aliphatic heterocycles. The molecule has 0 unspecified atom stereocenters. The van der Waals surface area contributed by atoms with E-state index in [2.05, 4.69) is 6.92 Å². The second kappa shape index (κ2) is 7.02. The lowest BCUT2D eigenvalue weighted by atomic mass is 9.99. The maximum absolute atomic E-state index is 13.3. The van der Waals surface area contributed by atoms with Gasteiger partial charge in [-0.3, -0.25) is 4.79 Å². The Hall–Kier alpha value is -2.16. The summed E-state index contributed by atoms with van der Waals surface area (Å²) < 4.78 is 18.8. The van der Waals surface area contributed by atoms with Crippen molar-refractivity contribution in [3.63, 3.8) is 0 Å². The maximum atomic E-state index is 13.3. The minimum Gasteiger partial charge on any atom is -0.494 e. The lowest BCUT2D eigenvalue weighted by Gasteiger charge is -2.08. The smallest absolute Gasteiger partial charge is 0.193 e. The van der Waals surface area contributed by atoms with Gasteiger partial charge in [0.1, 0.15) is 11.6 Å². The largest absolute Gasteiger partial charge is 0.494 e. The van der Waals surface area contributed by atoms with Crippen molar-refractivity contribution in [1.29, 1.82) is 0 Å². The van der Waals surface area contributed by atoms with E-state index < -0.39 is 5.82 Å². The molecular weight excluding hydrogens is 267 g/mol. The fourth-order valence-electron chi connectivity index (χ4n) is 2.03. The van der Waals surface area contributed by atoms with Crippen molar-refractivity contribution >= 4 is 5.78 Å². The highest BCUT2D eigenvalue weighted by Crippen LogP contribution is 2.18. The molecule has 0 aliphatic rings. The molecular formula is C18H19FO2. The minimum absolute atomic E-state index is 0.174. The average molecular weight is 286 g/mol. The number of ether oxygens (including phenoxy) is 1. The first-order valence-electron chi connectivity index (χ1n) is 7.15. The SMILES string of the molecule is CCCCOc1ccc(C(=O)c2cc(F)ccc2C)cc1. The first kappa shape index (κ1) is 15.2. The van der Waals surface area contributed by atoms with Gasteiger partial charge in [-0.25, -0.2) is 4.39 Å². The molecule has 2 aromatic rings. The summed E-state index contributed by atoms with van der Waals surface area (Å²) in [5.41, 5.74) is 1.70. The molecule has 0 N–H and O–H groups in total. The number of unbranched alkanes of at least 4 members (excludes halogenated alkanes) is 1. The second-order valence-electron chi connectivity index (χ2n) is 5.01. The number of carbonyl (C=O) groups is 1. The van der Waals surface area contributed by atoms with Gasteiger partial charge in [0.05, 0.1) is 6.61 Å². The Morgan fingerprint density at radius 3 is 2.52 bits per heavy atom. The van der Waals surface area contributed by atoms with Gasteiger partial charge in [0, 0.05) is 11.1 Å². The van der Waals surface area contributed by atoms with Crippen molar-refractivity contribution in [3.05, 3.63) is 65.0 Å². The molecule has 0 spiro atoms. The topological polar surface area (TPSA) is 26.3 Å². The van der Waals surface area contributed by atoms with E-state index in [1.54, 1.807) is 37.3 Å². The van der Waals surface area contributed by atoms with E-state index >= 15 is 0 Å². The van der Waals surface area contributed by atoms with E-state index in [0.717, 1.165) is 24.2 Å². The zero-order chi connectivity index (χ0) is 15.2. The first-order valence-corrected chi connectivity index (χ1v) is 7.15. The predicted molar refractivity (Wildman–Crippen MR) is 81.4 cm³/mol. The highest BCUT2D eigenvalue weighted by molar-refractivity contribution is 6.09. The molecule has 0 radical (unpaired) electrons. The van der Waals surface area contributed by atoms with E-state index in [-0.39, 0.29) is 5.78 Å². The molecule has 0 aromatic heterocycles. The van der Waals surface area contributed by atoms with Crippen LogP contribution in [0.1, 0.15) is 41.3 Å². The third-order valence-electron chi connectivity index (χ3n) is 3.33. The second-order valence-corrected chi connectivity index (χ2v) is 5.01. The molecule has 0 aliphatic carbocycles. The van der Waals surface area contributed by atoms with Crippen LogP contribution in [0.5, 0.6) is 5.75 Å². The highest BCUT2D eigenvalue weighted by atomic mass is 19.1. The van der Waals surface area contributed by atoms with Crippen molar-refractivity contribution in [2.24, 2.45) is 0 Å². The van der Waals surface area contributed by atoms with E-state index in [4.69, 9.17) is 4.74 Å². The summed E-state index contributed by atoms with van der Waals surface area (Å²) in [6.45, 7) is 4.58. The monoisotopic (exact) mass is 286 g/mol. The molecule has 0 fully saturated rings. The molecule has 110 valence electrons. The number of hydrogen-bond acceptors (Lipinski definition) is 2. The summed E-state index contributed by atoms with van der Waals surface area (Å²) in [6, 6.07) is 11.2. The van der Waals surface area contributed by atoms with Crippen molar-refractivity contribution in [3.8, 4) is 5.75 Å². The van der Waals surface area contributed by atoms with Gasteiger partial charge in [-0.2, -0.15) is 0 Å². The van der Waals surface area contributed by atoms with Crippen molar-refractivity contribution in [2.45, 2.75) is 26.7 Å². The van der Waals surface area contributed by atoms with Crippen molar-refractivity contribution in [2.75, 3.05) is 6.61 Å². The maximum Gasteiger partial charge on any atom is 0.193 e. The van der Waals surface area contributed by atoms with E-state index in [1.807, 2.05) is 0 Å². The summed E-state index contributed by atoms with van der Waals surface area (Å²) in [5.74, 6) is 0.173. The van der Waals surface area contributed by atoms with Gasteiger partial charge >= 0.3 is 0 Å². The molecule has 0 saturated heterocycles. The molecule has 2 nitrogen and oxygen atoms in total. The zero-order valence-corrected chi connectivity index (χ0v) is 12.4. The Balaban J connectivity index is 2.14. The number of ketones is 1. The summed E-state index contributed by atoms with van der Waals surface area (Å²) in [5, 5.41) is 0. The van der Waals surface area contributed by atoms with Crippen LogP contribution in [0.15, 0.2) is 42.5 Å². The van der Waals surface area contributed by atoms with Crippen molar-refractivity contribution in [1.82, 2.24) is 0 Å². The van der Waals surface area contributed by atoms with Gasteiger partial charge in [-0.1, -0.05) is 19.4 Å². The quantitative estimate of drug-likeness (QED) is 0.575. The van der Waals surface area contributed by atoms with Gasteiger partial charge in [-0.15, -0.1) is 0 Å². The third-order valence-corrected chi connectivity index (χ3v) is 3.33. The molecule has 0 saturated carbocycles. The van der Waals surface area contributed by atoms with Crippen LogP contribution < -0.4 is 4.74 Å². The van der Waals surface area contributed by atoms with Crippen molar-refractivity contribution < 1.29 is 13.9 Å². The van der Waals surface area contributed by atoms with E-state index in [9.17, 15) is 9.18 Å². The van der Waals surface area contributed by atoms with Crippen LogP contribution >= 0.6 is 0 Å². The van der Waals surface area contributed by atoms with Crippen LogP contribution in [-0.4, -0.2) is 12.4 Å². The number of rotatable bonds is 6. The van der Waals surface area contributed by atoms with Gasteiger partial charge < -0.3 is 4.74 Å². The minimum atomic E-state index is -0.400. The molecule has 2 rings (SSSR count). The van der Waals surface area contributed by atoms with Gasteiger partial charge in [0.15, 0.2) is 5.78 Å².